The van der Waals surface area contributed by atoms with Gasteiger partial charge in [-0.1, -0.05) is 11.6 Å². The number of hydrogen-bond acceptors (Lipinski definition) is 5. The molecule has 0 amide bonds. The molecule has 1 N–H and O–H groups in total. The van der Waals surface area contributed by atoms with Crippen molar-refractivity contribution in [2.45, 2.75) is 32.4 Å². The summed E-state index contributed by atoms with van der Waals surface area (Å²) in [5.74, 6) is 1.36. The van der Waals surface area contributed by atoms with Crippen LogP contribution in [0.4, 0.5) is 5.82 Å². The van der Waals surface area contributed by atoms with Crippen LogP contribution in [0.1, 0.15) is 25.6 Å². The maximum Gasteiger partial charge on any atom is 0.158 e. The number of hydrogen-bond donors (Lipinski definition) is 1. The lowest BCUT2D eigenvalue weighted by atomic mass is 10.4. The van der Waals surface area contributed by atoms with Crippen LogP contribution in [0, 0.1) is 0 Å². The number of anilines is 1. The van der Waals surface area contributed by atoms with Crippen LogP contribution >= 0.6 is 11.6 Å². The van der Waals surface area contributed by atoms with Crippen LogP contribution in [-0.2, 0) is 11.3 Å². The van der Waals surface area contributed by atoms with Crippen LogP contribution in [0.2, 0.25) is 5.15 Å². The topological polar surface area (TPSA) is 58.5 Å². The van der Waals surface area contributed by atoms with Crippen molar-refractivity contribution in [3.63, 3.8) is 0 Å². The van der Waals surface area contributed by atoms with Gasteiger partial charge in [0.2, 0.25) is 0 Å². The van der Waals surface area contributed by atoms with Crippen molar-refractivity contribution in [1.82, 2.24) is 9.97 Å². The van der Waals surface area contributed by atoms with Gasteiger partial charge in [0.25, 0.3) is 0 Å². The lowest BCUT2D eigenvalue weighted by Crippen LogP contribution is -2.30. The fraction of sp³-hybridized carbons (Fsp3) is 0.667. The second kappa shape index (κ2) is 6.31. The summed E-state index contributed by atoms with van der Waals surface area (Å²) in [4.78, 5) is 10.7. The van der Waals surface area contributed by atoms with Gasteiger partial charge in [-0.05, 0) is 19.8 Å². The molecule has 1 heterocycles. The Bertz CT molecular complexity index is 399. The van der Waals surface area contributed by atoms with Crippen LogP contribution in [0.15, 0.2) is 6.07 Å². The highest BCUT2D eigenvalue weighted by molar-refractivity contribution is 6.29. The highest BCUT2D eigenvalue weighted by Crippen LogP contribution is 2.31. The van der Waals surface area contributed by atoms with Gasteiger partial charge in [-0.25, -0.2) is 9.97 Å². The van der Waals surface area contributed by atoms with E-state index in [1.54, 1.807) is 6.07 Å². The van der Waals surface area contributed by atoms with Crippen molar-refractivity contribution in [1.29, 1.82) is 0 Å². The minimum absolute atomic E-state index is 0.110. The van der Waals surface area contributed by atoms with Gasteiger partial charge in [-0.2, -0.15) is 0 Å². The molecule has 1 aliphatic rings. The molecule has 6 heteroatoms. The van der Waals surface area contributed by atoms with E-state index < -0.39 is 0 Å². The van der Waals surface area contributed by atoms with E-state index in [1.165, 1.54) is 0 Å². The summed E-state index contributed by atoms with van der Waals surface area (Å²) in [7, 11) is 0. The maximum absolute atomic E-state index is 9.11. The van der Waals surface area contributed by atoms with E-state index in [9.17, 15) is 0 Å². The highest BCUT2D eigenvalue weighted by atomic mass is 35.5. The van der Waals surface area contributed by atoms with Gasteiger partial charge in [0.15, 0.2) is 5.82 Å². The third kappa shape index (κ3) is 3.54. The molecule has 0 atom stereocenters. The third-order valence-corrected chi connectivity index (χ3v) is 2.98. The van der Waals surface area contributed by atoms with Crippen LogP contribution in [0.3, 0.4) is 0 Å². The molecule has 0 unspecified atom stereocenters. The Morgan fingerprint density at radius 3 is 2.89 bits per heavy atom. The molecule has 18 heavy (non-hydrogen) atoms. The number of halogens is 1. The van der Waals surface area contributed by atoms with Crippen LogP contribution in [0.5, 0.6) is 0 Å². The van der Waals surface area contributed by atoms with Crippen molar-refractivity contribution in [3.8, 4) is 0 Å². The zero-order valence-corrected chi connectivity index (χ0v) is 11.2. The van der Waals surface area contributed by atoms with Crippen molar-refractivity contribution in [3.05, 3.63) is 17.0 Å². The fourth-order valence-corrected chi connectivity index (χ4v) is 2.03. The lowest BCUT2D eigenvalue weighted by Gasteiger charge is -2.22. The Hall–Kier alpha value is -0.910. The van der Waals surface area contributed by atoms with Gasteiger partial charge in [-0.3, -0.25) is 0 Å². The Balaban J connectivity index is 2.16. The number of aliphatic hydroxyl groups excluding tert-OH is 1. The summed E-state index contributed by atoms with van der Waals surface area (Å²) in [6.07, 6.45) is 2.28. The van der Waals surface area contributed by atoms with E-state index in [-0.39, 0.29) is 6.61 Å². The summed E-state index contributed by atoms with van der Waals surface area (Å²) < 4.78 is 5.29. The van der Waals surface area contributed by atoms with Gasteiger partial charge in [0.1, 0.15) is 17.6 Å². The quantitative estimate of drug-likeness (QED) is 0.764. The first-order valence-corrected chi connectivity index (χ1v) is 6.61. The second-order valence-electron chi connectivity index (χ2n) is 4.25. The predicted octanol–water partition coefficient (Wildman–Crippen LogP) is 1.63. The first-order chi connectivity index (χ1) is 8.74. The Labute approximate surface area is 112 Å². The highest BCUT2D eigenvalue weighted by Gasteiger charge is 2.30. The number of nitrogens with zero attached hydrogens (tertiary/aromatic N) is 3. The molecule has 0 aliphatic heterocycles. The first-order valence-electron chi connectivity index (χ1n) is 6.23. The van der Waals surface area contributed by atoms with E-state index in [4.69, 9.17) is 21.4 Å². The van der Waals surface area contributed by atoms with E-state index in [0.29, 0.717) is 36.8 Å². The van der Waals surface area contributed by atoms with E-state index in [2.05, 4.69) is 14.9 Å². The average molecular weight is 272 g/mol. The molecule has 1 aromatic heterocycles. The Morgan fingerprint density at radius 2 is 2.28 bits per heavy atom. The number of rotatable bonds is 7. The summed E-state index contributed by atoms with van der Waals surface area (Å²) in [6.45, 7) is 3.59. The zero-order chi connectivity index (χ0) is 13.0. The van der Waals surface area contributed by atoms with Crippen molar-refractivity contribution >= 4 is 17.4 Å². The summed E-state index contributed by atoms with van der Waals surface area (Å²) >= 11 is 6.00. The SMILES string of the molecule is CCOCc1nc(Cl)cc(N(CCO)C2CC2)n1. The molecule has 2 rings (SSSR count). The minimum Gasteiger partial charge on any atom is -0.395 e. The molecule has 0 bridgehead atoms. The molecule has 0 aromatic carbocycles. The van der Waals surface area contributed by atoms with Gasteiger partial charge < -0.3 is 14.7 Å². The first kappa shape index (κ1) is 13.5. The largest absolute Gasteiger partial charge is 0.395 e. The average Bonchev–Trinajstić information content (AvgIpc) is 3.17. The van der Waals surface area contributed by atoms with E-state index >= 15 is 0 Å². The molecule has 0 saturated heterocycles. The van der Waals surface area contributed by atoms with E-state index in [1.807, 2.05) is 6.92 Å². The third-order valence-electron chi connectivity index (χ3n) is 2.79. The van der Waals surface area contributed by atoms with Gasteiger partial charge in [0.05, 0.1) is 6.61 Å². The van der Waals surface area contributed by atoms with Crippen LogP contribution < -0.4 is 4.90 Å². The molecule has 1 saturated carbocycles. The molecule has 100 valence electrons. The summed E-state index contributed by atoms with van der Waals surface area (Å²) in [6, 6.07) is 2.22. The molecule has 1 fully saturated rings. The molecule has 1 aromatic rings. The maximum atomic E-state index is 9.11. The molecular formula is C12H18ClN3O2. The van der Waals surface area contributed by atoms with Gasteiger partial charge in [0, 0.05) is 25.3 Å². The van der Waals surface area contributed by atoms with Crippen LogP contribution in [-0.4, -0.2) is 40.9 Å². The fourth-order valence-electron chi connectivity index (χ4n) is 1.83. The summed E-state index contributed by atoms with van der Waals surface area (Å²) in [5.41, 5.74) is 0. The van der Waals surface area contributed by atoms with Crippen molar-refractivity contribution < 1.29 is 9.84 Å². The lowest BCUT2D eigenvalue weighted by molar-refractivity contribution is 0.128. The smallest absolute Gasteiger partial charge is 0.158 e. The molecule has 5 nitrogen and oxygen atoms in total. The second-order valence-corrected chi connectivity index (χ2v) is 4.64. The monoisotopic (exact) mass is 271 g/mol. The number of ether oxygens (including phenoxy) is 1. The van der Waals surface area contributed by atoms with Crippen molar-refractivity contribution in [2.75, 3.05) is 24.7 Å². The molecule has 0 spiro atoms. The predicted molar refractivity (Wildman–Crippen MR) is 69.8 cm³/mol. The Morgan fingerprint density at radius 1 is 1.50 bits per heavy atom. The molecule has 1 aliphatic carbocycles. The van der Waals surface area contributed by atoms with E-state index in [0.717, 1.165) is 18.7 Å². The minimum atomic E-state index is 0.110. The van der Waals surface area contributed by atoms with Gasteiger partial charge in [-0.15, -0.1) is 0 Å². The summed E-state index contributed by atoms with van der Waals surface area (Å²) in [5, 5.41) is 9.53. The number of aliphatic hydroxyl groups is 1. The van der Waals surface area contributed by atoms with Gasteiger partial charge >= 0.3 is 0 Å². The Kier molecular flexibility index (Phi) is 4.74. The molecular weight excluding hydrogens is 254 g/mol. The molecule has 0 radical (unpaired) electrons. The van der Waals surface area contributed by atoms with Crippen LogP contribution in [0.25, 0.3) is 0 Å². The van der Waals surface area contributed by atoms with Crippen molar-refractivity contribution in [2.24, 2.45) is 0 Å². The standard InChI is InChI=1S/C12H18ClN3O2/c1-2-18-8-11-14-10(13)7-12(15-11)16(5-6-17)9-3-4-9/h7,9,17H,2-6,8H2,1H3. The normalized spacial score (nSPS) is 14.8. The zero-order valence-electron chi connectivity index (χ0n) is 10.5. The number of aromatic nitrogens is 2.